The van der Waals surface area contributed by atoms with Gasteiger partial charge in [-0.3, -0.25) is 9.59 Å². The number of carbonyl (C=O) groups is 2. The average molecular weight is 347 g/mol. The molecule has 0 saturated carbocycles. The quantitative estimate of drug-likeness (QED) is 0.836. The smallest absolute Gasteiger partial charge is 0.242 e. The Bertz CT molecular complexity index is 669. The summed E-state index contributed by atoms with van der Waals surface area (Å²) < 4.78 is 23.5. The molecule has 0 spiro atoms. The standard InChI is InChI=1S/C14H19ClN2O4S/c1-9(12(18)16-4)17-13(19)14(2,3)22(20,21)11-7-5-10(15)6-8-11/h5-9H,1-4H3,(H,16,18)(H,17,19)/t9-/m1/s1. The predicted octanol–water partition coefficient (Wildman–Crippen LogP) is 1.14. The largest absolute Gasteiger partial charge is 0.357 e. The summed E-state index contributed by atoms with van der Waals surface area (Å²) in [4.78, 5) is 23.7. The minimum atomic E-state index is -3.93. The number of benzene rings is 1. The molecule has 2 N–H and O–H groups in total. The first-order chi connectivity index (χ1) is 10.0. The topological polar surface area (TPSA) is 92.3 Å². The van der Waals surface area contributed by atoms with Crippen LogP contribution in [0.3, 0.4) is 0 Å². The Hall–Kier alpha value is -1.60. The van der Waals surface area contributed by atoms with Gasteiger partial charge in [0.2, 0.25) is 11.8 Å². The van der Waals surface area contributed by atoms with Crippen molar-refractivity contribution >= 4 is 33.3 Å². The summed E-state index contributed by atoms with van der Waals surface area (Å²) >= 11 is 5.74. The van der Waals surface area contributed by atoms with Gasteiger partial charge in [0.25, 0.3) is 0 Å². The van der Waals surface area contributed by atoms with Gasteiger partial charge in [-0.2, -0.15) is 0 Å². The van der Waals surface area contributed by atoms with E-state index < -0.39 is 32.4 Å². The molecule has 122 valence electrons. The molecular formula is C14H19ClN2O4S. The fourth-order valence-electron chi connectivity index (χ4n) is 1.68. The Kier molecular flexibility index (Phi) is 5.59. The van der Waals surface area contributed by atoms with Crippen molar-refractivity contribution in [1.82, 2.24) is 10.6 Å². The molecule has 0 heterocycles. The summed E-state index contributed by atoms with van der Waals surface area (Å²) in [7, 11) is -2.50. The van der Waals surface area contributed by atoms with Crippen molar-refractivity contribution in [3.63, 3.8) is 0 Å². The molecule has 2 amide bonds. The average Bonchev–Trinajstić information content (AvgIpc) is 2.46. The molecule has 0 aromatic heterocycles. The first-order valence-electron chi connectivity index (χ1n) is 6.56. The summed E-state index contributed by atoms with van der Waals surface area (Å²) in [6.45, 7) is 4.06. The van der Waals surface area contributed by atoms with Gasteiger partial charge in [0.15, 0.2) is 9.84 Å². The second-order valence-corrected chi connectivity index (χ2v) is 8.21. The molecule has 0 aliphatic rings. The van der Waals surface area contributed by atoms with E-state index in [-0.39, 0.29) is 4.90 Å². The monoisotopic (exact) mass is 346 g/mol. The van der Waals surface area contributed by atoms with Crippen LogP contribution in [-0.4, -0.2) is 38.1 Å². The molecule has 1 aromatic carbocycles. The van der Waals surface area contributed by atoms with Gasteiger partial charge in [-0.15, -0.1) is 0 Å². The van der Waals surface area contributed by atoms with E-state index in [1.54, 1.807) is 0 Å². The van der Waals surface area contributed by atoms with Crippen molar-refractivity contribution in [1.29, 1.82) is 0 Å². The molecule has 1 rings (SSSR count). The number of carbonyl (C=O) groups excluding carboxylic acids is 2. The van der Waals surface area contributed by atoms with Gasteiger partial charge in [0, 0.05) is 12.1 Å². The number of rotatable bonds is 5. The first kappa shape index (κ1) is 18.4. The zero-order chi connectivity index (χ0) is 17.1. The Balaban J connectivity index is 3.08. The minimum absolute atomic E-state index is 0.00959. The fourth-order valence-corrected chi connectivity index (χ4v) is 3.20. The fraction of sp³-hybridized carbons (Fsp3) is 0.429. The van der Waals surface area contributed by atoms with Crippen LogP contribution in [0, 0.1) is 0 Å². The lowest BCUT2D eigenvalue weighted by molar-refractivity contribution is -0.129. The van der Waals surface area contributed by atoms with Gasteiger partial charge in [-0.25, -0.2) is 8.42 Å². The predicted molar refractivity (Wildman–Crippen MR) is 84.4 cm³/mol. The molecule has 1 atom stereocenters. The van der Waals surface area contributed by atoms with Crippen LogP contribution in [-0.2, 0) is 19.4 Å². The maximum absolute atomic E-state index is 12.6. The molecule has 0 bridgehead atoms. The van der Waals surface area contributed by atoms with Crippen LogP contribution in [0.15, 0.2) is 29.2 Å². The second kappa shape index (κ2) is 6.66. The number of hydrogen-bond donors (Lipinski definition) is 2. The van der Waals surface area contributed by atoms with Crippen LogP contribution in [0.1, 0.15) is 20.8 Å². The highest BCUT2D eigenvalue weighted by Crippen LogP contribution is 2.26. The van der Waals surface area contributed by atoms with E-state index in [0.29, 0.717) is 5.02 Å². The zero-order valence-corrected chi connectivity index (χ0v) is 14.4. The maximum Gasteiger partial charge on any atom is 0.242 e. The maximum atomic E-state index is 12.6. The van der Waals surface area contributed by atoms with Gasteiger partial charge >= 0.3 is 0 Å². The van der Waals surface area contributed by atoms with Crippen molar-refractivity contribution < 1.29 is 18.0 Å². The van der Waals surface area contributed by atoms with E-state index in [0.717, 1.165) is 0 Å². The first-order valence-corrected chi connectivity index (χ1v) is 8.43. The van der Waals surface area contributed by atoms with E-state index in [9.17, 15) is 18.0 Å². The Morgan fingerprint density at radius 3 is 2.14 bits per heavy atom. The van der Waals surface area contributed by atoms with Crippen LogP contribution in [0.4, 0.5) is 0 Å². The lowest BCUT2D eigenvalue weighted by atomic mass is 10.1. The highest BCUT2D eigenvalue weighted by atomic mass is 35.5. The van der Waals surface area contributed by atoms with Crippen molar-refractivity contribution in [3.05, 3.63) is 29.3 Å². The number of nitrogens with one attached hydrogen (secondary N) is 2. The molecule has 6 nitrogen and oxygen atoms in total. The van der Waals surface area contributed by atoms with Crippen molar-refractivity contribution in [2.45, 2.75) is 36.5 Å². The SMILES string of the molecule is CNC(=O)[C@@H](C)NC(=O)C(C)(C)S(=O)(=O)c1ccc(Cl)cc1. The molecule has 0 saturated heterocycles. The molecule has 0 radical (unpaired) electrons. The molecule has 0 aliphatic carbocycles. The van der Waals surface area contributed by atoms with Gasteiger partial charge in [-0.05, 0) is 45.0 Å². The third-order valence-electron chi connectivity index (χ3n) is 3.33. The van der Waals surface area contributed by atoms with E-state index >= 15 is 0 Å². The van der Waals surface area contributed by atoms with Gasteiger partial charge in [-0.1, -0.05) is 11.6 Å². The van der Waals surface area contributed by atoms with E-state index in [2.05, 4.69) is 10.6 Å². The Morgan fingerprint density at radius 2 is 1.68 bits per heavy atom. The number of sulfone groups is 1. The highest BCUT2D eigenvalue weighted by molar-refractivity contribution is 7.93. The van der Waals surface area contributed by atoms with Crippen molar-refractivity contribution in [2.24, 2.45) is 0 Å². The van der Waals surface area contributed by atoms with E-state index in [1.807, 2.05) is 0 Å². The van der Waals surface area contributed by atoms with Crippen molar-refractivity contribution in [2.75, 3.05) is 7.05 Å². The molecule has 0 unspecified atom stereocenters. The lowest BCUT2D eigenvalue weighted by Crippen LogP contribution is -2.53. The molecule has 1 aromatic rings. The number of amides is 2. The molecule has 0 fully saturated rings. The van der Waals surface area contributed by atoms with Gasteiger partial charge in [0.05, 0.1) is 4.90 Å². The van der Waals surface area contributed by atoms with Crippen molar-refractivity contribution in [3.8, 4) is 0 Å². The van der Waals surface area contributed by atoms with Gasteiger partial charge < -0.3 is 10.6 Å². The normalized spacial score (nSPS) is 13.3. The summed E-state index contributed by atoms with van der Waals surface area (Å²) in [6.07, 6.45) is 0. The van der Waals surface area contributed by atoms with E-state index in [4.69, 9.17) is 11.6 Å². The Labute approximate surface area is 135 Å². The highest BCUT2D eigenvalue weighted by Gasteiger charge is 2.43. The van der Waals surface area contributed by atoms with Crippen LogP contribution in [0.5, 0.6) is 0 Å². The Morgan fingerprint density at radius 1 is 1.18 bits per heavy atom. The lowest BCUT2D eigenvalue weighted by Gasteiger charge is -2.25. The summed E-state index contributed by atoms with van der Waals surface area (Å²) in [5.41, 5.74) is 0. The number of likely N-dealkylation sites (N-methyl/N-ethyl adjacent to an activating group) is 1. The second-order valence-electron chi connectivity index (χ2n) is 5.28. The van der Waals surface area contributed by atoms with Crippen LogP contribution in [0.2, 0.25) is 5.02 Å². The van der Waals surface area contributed by atoms with Crippen LogP contribution >= 0.6 is 11.6 Å². The summed E-state index contributed by atoms with van der Waals surface area (Å²) in [5, 5.41) is 5.18. The number of hydrogen-bond acceptors (Lipinski definition) is 4. The minimum Gasteiger partial charge on any atom is -0.357 e. The molecule has 8 heteroatoms. The number of halogens is 1. The molecule has 22 heavy (non-hydrogen) atoms. The van der Waals surface area contributed by atoms with Crippen LogP contribution < -0.4 is 10.6 Å². The molecule has 0 aliphatic heterocycles. The molecular weight excluding hydrogens is 328 g/mol. The van der Waals surface area contributed by atoms with E-state index in [1.165, 1.54) is 52.1 Å². The van der Waals surface area contributed by atoms with Gasteiger partial charge in [0.1, 0.15) is 10.8 Å². The third kappa shape index (κ3) is 3.59. The summed E-state index contributed by atoms with van der Waals surface area (Å²) in [6, 6.07) is 4.73. The third-order valence-corrected chi connectivity index (χ3v) is 6.00. The summed E-state index contributed by atoms with van der Waals surface area (Å²) in [5.74, 6) is -1.16. The zero-order valence-electron chi connectivity index (χ0n) is 12.8. The van der Waals surface area contributed by atoms with Crippen LogP contribution in [0.25, 0.3) is 0 Å².